The van der Waals surface area contributed by atoms with Crippen molar-refractivity contribution in [3.05, 3.63) is 33.0 Å². The van der Waals surface area contributed by atoms with Gasteiger partial charge in [0.25, 0.3) is 5.56 Å². The largest absolute Gasteiger partial charge is 0.435 e. The van der Waals surface area contributed by atoms with Crippen molar-refractivity contribution in [2.45, 2.75) is 6.18 Å². The predicted molar refractivity (Wildman–Crippen MR) is 52.9 cm³/mol. The van der Waals surface area contributed by atoms with Gasteiger partial charge in [-0.05, 0) is 22.0 Å². The van der Waals surface area contributed by atoms with Crippen LogP contribution in [-0.4, -0.2) is 15.0 Å². The molecule has 0 saturated heterocycles. The van der Waals surface area contributed by atoms with Gasteiger partial charge in [-0.3, -0.25) is 4.79 Å². The Kier molecular flexibility index (Phi) is 2.45. The first kappa shape index (κ1) is 11.1. The molecule has 2 aromatic rings. The zero-order chi connectivity index (χ0) is 11.9. The second-order valence-electron chi connectivity index (χ2n) is 2.91. The number of pyridine rings is 1. The first-order valence-electron chi connectivity index (χ1n) is 4.01. The quantitative estimate of drug-likeness (QED) is 0.757. The van der Waals surface area contributed by atoms with E-state index in [1.807, 2.05) is 0 Å². The maximum absolute atomic E-state index is 12.6. The Labute approximate surface area is 94.7 Å². The van der Waals surface area contributed by atoms with Gasteiger partial charge in [0.05, 0.1) is 5.39 Å². The molecule has 0 aliphatic heterocycles. The third kappa shape index (κ3) is 1.80. The van der Waals surface area contributed by atoms with Crippen LogP contribution in [-0.2, 0) is 6.18 Å². The molecule has 0 radical (unpaired) electrons. The van der Waals surface area contributed by atoms with Crippen LogP contribution in [0.15, 0.2) is 21.8 Å². The molecular formula is C8H3BrF3N3O. The number of nitrogens with one attached hydrogen (secondary N) is 1. The van der Waals surface area contributed by atoms with Gasteiger partial charge in [0, 0.05) is 6.20 Å². The van der Waals surface area contributed by atoms with Gasteiger partial charge in [0.15, 0.2) is 10.4 Å². The molecule has 2 rings (SSSR count). The Morgan fingerprint density at radius 1 is 1.38 bits per heavy atom. The average molecular weight is 294 g/mol. The smallest absolute Gasteiger partial charge is 0.301 e. The van der Waals surface area contributed by atoms with Crippen LogP contribution >= 0.6 is 15.9 Å². The van der Waals surface area contributed by atoms with E-state index in [2.05, 4.69) is 30.9 Å². The molecule has 0 saturated carbocycles. The highest BCUT2D eigenvalue weighted by molar-refractivity contribution is 9.10. The van der Waals surface area contributed by atoms with Crippen LogP contribution in [0.2, 0.25) is 0 Å². The van der Waals surface area contributed by atoms with Crippen molar-refractivity contribution in [2.24, 2.45) is 0 Å². The number of aromatic amines is 1. The molecule has 0 amide bonds. The number of halogens is 4. The monoisotopic (exact) mass is 293 g/mol. The second-order valence-corrected chi connectivity index (χ2v) is 3.66. The second kappa shape index (κ2) is 3.55. The third-order valence-corrected chi connectivity index (χ3v) is 2.24. The van der Waals surface area contributed by atoms with Crippen molar-refractivity contribution in [1.29, 1.82) is 0 Å². The molecule has 1 N–H and O–H groups in total. The van der Waals surface area contributed by atoms with Gasteiger partial charge in [0.1, 0.15) is 5.52 Å². The van der Waals surface area contributed by atoms with E-state index < -0.39 is 22.9 Å². The SMILES string of the molecule is O=c1[nH]c(Br)nc2c(C(F)(F)F)nccc12. The van der Waals surface area contributed by atoms with Gasteiger partial charge < -0.3 is 4.98 Å². The molecular weight excluding hydrogens is 291 g/mol. The molecule has 84 valence electrons. The van der Waals surface area contributed by atoms with Crippen LogP contribution in [0.1, 0.15) is 5.69 Å². The van der Waals surface area contributed by atoms with E-state index in [4.69, 9.17) is 0 Å². The first-order chi connectivity index (χ1) is 7.39. The minimum Gasteiger partial charge on any atom is -0.301 e. The van der Waals surface area contributed by atoms with Gasteiger partial charge >= 0.3 is 6.18 Å². The predicted octanol–water partition coefficient (Wildman–Crippen LogP) is 2.10. The van der Waals surface area contributed by atoms with Crippen LogP contribution in [0.3, 0.4) is 0 Å². The zero-order valence-electron chi connectivity index (χ0n) is 7.47. The number of aromatic nitrogens is 3. The van der Waals surface area contributed by atoms with E-state index in [-0.39, 0.29) is 10.1 Å². The molecule has 8 heteroatoms. The Morgan fingerprint density at radius 2 is 2.06 bits per heavy atom. The van der Waals surface area contributed by atoms with Crippen LogP contribution in [0.4, 0.5) is 13.2 Å². The lowest BCUT2D eigenvalue weighted by atomic mass is 10.2. The standard InChI is InChI=1S/C8H3BrF3N3O/c9-7-14-4-3(6(16)15-7)1-2-13-5(4)8(10,11)12/h1-2H,(H,14,15,16). The van der Waals surface area contributed by atoms with Crippen molar-refractivity contribution in [3.63, 3.8) is 0 Å². The number of hydrogen-bond acceptors (Lipinski definition) is 3. The van der Waals surface area contributed by atoms with Crippen molar-refractivity contribution in [2.75, 3.05) is 0 Å². The van der Waals surface area contributed by atoms with Crippen LogP contribution in [0.5, 0.6) is 0 Å². The van der Waals surface area contributed by atoms with Crippen molar-refractivity contribution in [1.82, 2.24) is 15.0 Å². The van der Waals surface area contributed by atoms with E-state index in [1.54, 1.807) is 0 Å². The highest BCUT2D eigenvalue weighted by Crippen LogP contribution is 2.31. The summed E-state index contributed by atoms with van der Waals surface area (Å²) in [5.74, 6) is 0. The summed E-state index contributed by atoms with van der Waals surface area (Å²) in [6.07, 6.45) is -3.71. The van der Waals surface area contributed by atoms with Gasteiger partial charge in [-0.15, -0.1) is 0 Å². The summed E-state index contributed by atoms with van der Waals surface area (Å²) in [5, 5.41) is -0.148. The van der Waals surface area contributed by atoms with Gasteiger partial charge in [-0.1, -0.05) is 0 Å². The van der Waals surface area contributed by atoms with E-state index in [0.717, 1.165) is 6.20 Å². The maximum Gasteiger partial charge on any atom is 0.435 e. The number of H-pyrrole nitrogens is 1. The zero-order valence-corrected chi connectivity index (χ0v) is 9.06. The molecule has 0 aliphatic carbocycles. The minimum atomic E-state index is -4.64. The summed E-state index contributed by atoms with van der Waals surface area (Å²) >= 11 is 2.82. The molecule has 0 bridgehead atoms. The fraction of sp³-hybridized carbons (Fsp3) is 0.125. The lowest BCUT2D eigenvalue weighted by Crippen LogP contribution is -2.14. The summed E-state index contributed by atoms with van der Waals surface area (Å²) in [6, 6.07) is 1.18. The average Bonchev–Trinajstić information content (AvgIpc) is 2.15. The lowest BCUT2D eigenvalue weighted by Gasteiger charge is -2.07. The Hall–Kier alpha value is -1.44. The molecule has 0 unspecified atom stereocenters. The van der Waals surface area contributed by atoms with Gasteiger partial charge in [-0.2, -0.15) is 13.2 Å². The molecule has 2 aromatic heterocycles. The topological polar surface area (TPSA) is 58.6 Å². The Bertz CT molecular complexity index is 607. The highest BCUT2D eigenvalue weighted by Gasteiger charge is 2.35. The fourth-order valence-electron chi connectivity index (χ4n) is 1.24. The maximum atomic E-state index is 12.6. The van der Waals surface area contributed by atoms with Crippen molar-refractivity contribution in [3.8, 4) is 0 Å². The number of nitrogens with zero attached hydrogens (tertiary/aromatic N) is 2. The normalized spacial score (nSPS) is 12.0. The highest BCUT2D eigenvalue weighted by atomic mass is 79.9. The molecule has 2 heterocycles. The number of alkyl halides is 3. The van der Waals surface area contributed by atoms with Crippen LogP contribution < -0.4 is 5.56 Å². The Balaban J connectivity index is 2.93. The van der Waals surface area contributed by atoms with Crippen LogP contribution in [0.25, 0.3) is 10.9 Å². The molecule has 0 aromatic carbocycles. The van der Waals surface area contributed by atoms with E-state index >= 15 is 0 Å². The van der Waals surface area contributed by atoms with Crippen molar-refractivity contribution < 1.29 is 13.2 Å². The number of rotatable bonds is 0. The lowest BCUT2D eigenvalue weighted by molar-refractivity contribution is -0.139. The van der Waals surface area contributed by atoms with E-state index in [0.29, 0.717) is 0 Å². The summed E-state index contributed by atoms with van der Waals surface area (Å²) in [4.78, 5) is 20.4. The molecule has 0 spiro atoms. The molecule has 0 aliphatic rings. The first-order valence-corrected chi connectivity index (χ1v) is 4.80. The minimum absolute atomic E-state index is 0.0662. The number of fused-ring (bicyclic) bond motifs is 1. The summed E-state index contributed by atoms with van der Waals surface area (Å²) in [7, 11) is 0. The molecule has 4 nitrogen and oxygen atoms in total. The molecule has 0 atom stereocenters. The summed E-state index contributed by atoms with van der Waals surface area (Å²) in [5.41, 5.74) is -2.29. The van der Waals surface area contributed by atoms with E-state index in [9.17, 15) is 18.0 Å². The fourth-order valence-corrected chi connectivity index (χ4v) is 1.60. The van der Waals surface area contributed by atoms with Crippen molar-refractivity contribution >= 4 is 26.8 Å². The summed E-state index contributed by atoms with van der Waals surface area (Å²) < 4.78 is 37.6. The Morgan fingerprint density at radius 3 is 2.69 bits per heavy atom. The van der Waals surface area contributed by atoms with Gasteiger partial charge in [-0.25, -0.2) is 9.97 Å². The van der Waals surface area contributed by atoms with Crippen LogP contribution in [0, 0.1) is 0 Å². The third-order valence-electron chi connectivity index (χ3n) is 1.86. The van der Waals surface area contributed by atoms with E-state index in [1.165, 1.54) is 6.07 Å². The molecule has 0 fully saturated rings. The number of hydrogen-bond donors (Lipinski definition) is 1. The van der Waals surface area contributed by atoms with Gasteiger partial charge in [0.2, 0.25) is 0 Å². The molecule has 16 heavy (non-hydrogen) atoms. The summed E-state index contributed by atoms with van der Waals surface area (Å²) in [6.45, 7) is 0.